The van der Waals surface area contributed by atoms with Crippen molar-refractivity contribution in [2.45, 2.75) is 6.61 Å². The zero-order valence-corrected chi connectivity index (χ0v) is 15.8. The second kappa shape index (κ2) is 7.32. The van der Waals surface area contributed by atoms with Gasteiger partial charge in [0.05, 0.1) is 30.0 Å². The van der Waals surface area contributed by atoms with E-state index >= 15 is 0 Å². The molecule has 3 aromatic rings. The molecule has 0 spiro atoms. The Balaban J connectivity index is 2.27. The summed E-state index contributed by atoms with van der Waals surface area (Å²) in [6, 6.07) is 9.71. The number of methoxy groups -OCH3 is 1. The lowest BCUT2D eigenvalue weighted by Crippen LogP contribution is -2.09. The monoisotopic (exact) mass is 435 g/mol. The van der Waals surface area contributed by atoms with E-state index in [0.29, 0.717) is 32.2 Å². The third kappa shape index (κ3) is 3.48. The number of carbonyl (C=O) groups excluding carboxylic acids is 1. The Labute approximate surface area is 161 Å². The highest BCUT2D eigenvalue weighted by atomic mass is 79.9. The second-order valence-corrected chi connectivity index (χ2v) is 6.43. The summed E-state index contributed by atoms with van der Waals surface area (Å²) in [7, 11) is 2.82. The average molecular weight is 436 g/mol. The van der Waals surface area contributed by atoms with Gasteiger partial charge < -0.3 is 9.47 Å². The topological polar surface area (TPSA) is 77.1 Å². The number of fused-ring (bicyclic) bond motifs is 1. The summed E-state index contributed by atoms with van der Waals surface area (Å²) in [6.45, 7) is -3.11. The molecule has 0 amide bonds. The van der Waals surface area contributed by atoms with E-state index in [-0.39, 0.29) is 11.3 Å². The molecule has 0 fully saturated rings. The van der Waals surface area contributed by atoms with E-state index in [4.69, 9.17) is 0 Å². The number of aryl methyl sites for hydroxylation is 1. The Morgan fingerprint density at radius 1 is 1.33 bits per heavy atom. The van der Waals surface area contributed by atoms with Crippen LogP contribution in [-0.2, 0) is 11.8 Å². The highest BCUT2D eigenvalue weighted by molar-refractivity contribution is 9.10. The zero-order valence-electron chi connectivity index (χ0n) is 14.2. The van der Waals surface area contributed by atoms with Crippen molar-refractivity contribution in [3.05, 3.63) is 45.9 Å². The fourth-order valence-electron chi connectivity index (χ4n) is 2.85. The van der Waals surface area contributed by atoms with Crippen LogP contribution in [0, 0.1) is 11.3 Å². The van der Waals surface area contributed by atoms with Gasteiger partial charge in [-0.2, -0.15) is 19.1 Å². The number of rotatable bonds is 4. The minimum Gasteiger partial charge on any atom is -0.465 e. The van der Waals surface area contributed by atoms with Crippen LogP contribution in [0.3, 0.4) is 0 Å². The Morgan fingerprint density at radius 2 is 2.07 bits per heavy atom. The molecule has 0 saturated heterocycles. The maximum atomic E-state index is 12.8. The lowest BCUT2D eigenvalue weighted by Gasteiger charge is -2.12. The first-order chi connectivity index (χ1) is 12.8. The molecule has 0 atom stereocenters. The van der Waals surface area contributed by atoms with Crippen molar-refractivity contribution in [1.82, 2.24) is 9.78 Å². The molecule has 0 N–H and O–H groups in total. The van der Waals surface area contributed by atoms with Gasteiger partial charge >= 0.3 is 12.6 Å². The van der Waals surface area contributed by atoms with E-state index in [2.05, 4.69) is 36.6 Å². The van der Waals surface area contributed by atoms with Crippen LogP contribution in [-0.4, -0.2) is 29.5 Å². The lowest BCUT2D eigenvalue weighted by molar-refractivity contribution is -0.0503. The largest absolute Gasteiger partial charge is 0.465 e. The van der Waals surface area contributed by atoms with E-state index in [0.717, 1.165) is 7.11 Å². The molecule has 0 saturated carbocycles. The van der Waals surface area contributed by atoms with Gasteiger partial charge in [-0.05, 0) is 24.3 Å². The number of hydrogen-bond acceptors (Lipinski definition) is 5. The molecule has 27 heavy (non-hydrogen) atoms. The molecule has 0 aliphatic rings. The smallest absolute Gasteiger partial charge is 0.387 e. The summed E-state index contributed by atoms with van der Waals surface area (Å²) in [5.41, 5.74) is 1.80. The van der Waals surface area contributed by atoms with E-state index in [1.54, 1.807) is 25.2 Å². The van der Waals surface area contributed by atoms with Crippen LogP contribution in [0.25, 0.3) is 22.2 Å². The maximum Gasteiger partial charge on any atom is 0.387 e. The normalized spacial score (nSPS) is 10.9. The Kier molecular flexibility index (Phi) is 5.10. The third-order valence-electron chi connectivity index (χ3n) is 3.90. The number of alkyl halides is 2. The predicted molar refractivity (Wildman–Crippen MR) is 96.5 cm³/mol. The summed E-state index contributed by atoms with van der Waals surface area (Å²) in [6.07, 6.45) is 0. The number of esters is 1. The molecule has 1 heterocycles. The van der Waals surface area contributed by atoms with Crippen molar-refractivity contribution in [1.29, 1.82) is 5.26 Å². The SMILES string of the molecule is COC(=O)c1ccc(-c2c3c(C#N)cc(Br)cc3nn2C)cc1OC(F)F. The number of nitriles is 1. The molecule has 6 nitrogen and oxygen atoms in total. The Morgan fingerprint density at radius 3 is 2.70 bits per heavy atom. The minimum atomic E-state index is -3.11. The number of aromatic nitrogens is 2. The van der Waals surface area contributed by atoms with Crippen LogP contribution in [0.2, 0.25) is 0 Å². The van der Waals surface area contributed by atoms with Gasteiger partial charge in [-0.1, -0.05) is 22.0 Å². The van der Waals surface area contributed by atoms with Gasteiger partial charge in [-0.3, -0.25) is 4.68 Å². The van der Waals surface area contributed by atoms with Gasteiger partial charge in [-0.25, -0.2) is 4.79 Å². The molecular formula is C18H12BrF2N3O3. The number of hydrogen-bond donors (Lipinski definition) is 0. The molecular weight excluding hydrogens is 424 g/mol. The molecule has 9 heteroatoms. The quantitative estimate of drug-likeness (QED) is 0.572. The van der Waals surface area contributed by atoms with Crippen LogP contribution in [0.15, 0.2) is 34.8 Å². The Hall–Kier alpha value is -2.99. The molecule has 3 rings (SSSR count). The average Bonchev–Trinajstić information content (AvgIpc) is 2.95. The minimum absolute atomic E-state index is 0.128. The van der Waals surface area contributed by atoms with Crippen molar-refractivity contribution in [3.63, 3.8) is 0 Å². The van der Waals surface area contributed by atoms with Gasteiger partial charge in [0.1, 0.15) is 11.3 Å². The first-order valence-corrected chi connectivity index (χ1v) is 8.39. The van der Waals surface area contributed by atoms with Crippen molar-refractivity contribution in [2.75, 3.05) is 7.11 Å². The molecule has 0 unspecified atom stereocenters. The molecule has 2 aromatic carbocycles. The molecule has 138 valence electrons. The summed E-state index contributed by atoms with van der Waals surface area (Å²) < 4.78 is 36.9. The highest BCUT2D eigenvalue weighted by Gasteiger charge is 2.21. The van der Waals surface area contributed by atoms with Gasteiger partial charge in [0.25, 0.3) is 0 Å². The molecule has 0 aliphatic carbocycles. The fraction of sp³-hybridized carbons (Fsp3) is 0.167. The van der Waals surface area contributed by atoms with Crippen LogP contribution in [0.4, 0.5) is 8.78 Å². The van der Waals surface area contributed by atoms with Crippen molar-refractivity contribution >= 4 is 32.8 Å². The van der Waals surface area contributed by atoms with Gasteiger partial charge in [0.15, 0.2) is 0 Å². The summed E-state index contributed by atoms with van der Waals surface area (Å²) in [5.74, 6) is -1.12. The fourth-order valence-corrected chi connectivity index (χ4v) is 3.30. The number of ether oxygens (including phenoxy) is 2. The van der Waals surface area contributed by atoms with E-state index in [9.17, 15) is 18.8 Å². The van der Waals surface area contributed by atoms with Crippen molar-refractivity contribution < 1.29 is 23.0 Å². The summed E-state index contributed by atoms with van der Waals surface area (Å²) >= 11 is 3.33. The third-order valence-corrected chi connectivity index (χ3v) is 4.36. The van der Waals surface area contributed by atoms with E-state index in [1.807, 2.05) is 0 Å². The van der Waals surface area contributed by atoms with Gasteiger partial charge in [0, 0.05) is 22.5 Å². The maximum absolute atomic E-state index is 12.8. The van der Waals surface area contributed by atoms with E-state index in [1.165, 1.54) is 16.8 Å². The van der Waals surface area contributed by atoms with Gasteiger partial charge in [-0.15, -0.1) is 0 Å². The lowest BCUT2D eigenvalue weighted by atomic mass is 10.0. The number of benzene rings is 2. The zero-order chi connectivity index (χ0) is 19.7. The van der Waals surface area contributed by atoms with Crippen LogP contribution < -0.4 is 4.74 Å². The molecule has 1 aromatic heterocycles. The van der Waals surface area contributed by atoms with Crippen LogP contribution in [0.1, 0.15) is 15.9 Å². The molecule has 0 bridgehead atoms. The Bertz CT molecular complexity index is 1090. The summed E-state index contributed by atoms with van der Waals surface area (Å²) in [4.78, 5) is 11.8. The van der Waals surface area contributed by atoms with Crippen molar-refractivity contribution in [3.8, 4) is 23.1 Å². The van der Waals surface area contributed by atoms with Crippen molar-refractivity contribution in [2.24, 2.45) is 7.05 Å². The highest BCUT2D eigenvalue weighted by Crippen LogP contribution is 2.35. The molecule has 0 radical (unpaired) electrons. The molecule has 0 aliphatic heterocycles. The predicted octanol–water partition coefficient (Wildman–Crippen LogP) is 4.26. The number of nitrogens with zero attached hydrogens (tertiary/aromatic N) is 3. The number of carbonyl (C=O) groups is 1. The van der Waals surface area contributed by atoms with Gasteiger partial charge in [0.2, 0.25) is 0 Å². The second-order valence-electron chi connectivity index (χ2n) is 5.51. The summed E-state index contributed by atoms with van der Waals surface area (Å²) in [5, 5.41) is 14.4. The standard InChI is InChI=1S/C18H12BrF2N3O3/c1-24-16(15-10(8-22)5-11(19)7-13(15)23-24)9-3-4-12(17(25)26-2)14(6-9)27-18(20)21/h3-7,18H,1-2H3. The van der Waals surface area contributed by atoms with E-state index < -0.39 is 12.6 Å². The first kappa shape index (κ1) is 18.8. The first-order valence-electron chi connectivity index (χ1n) is 7.59. The number of halogens is 3. The van der Waals surface area contributed by atoms with Crippen LogP contribution >= 0.6 is 15.9 Å². The van der Waals surface area contributed by atoms with Crippen LogP contribution in [0.5, 0.6) is 5.75 Å².